The van der Waals surface area contributed by atoms with Crippen LogP contribution < -0.4 is 10.0 Å². The summed E-state index contributed by atoms with van der Waals surface area (Å²) in [5, 5.41) is 13.0. The number of hydrogen-bond acceptors (Lipinski definition) is 4. The van der Waals surface area contributed by atoms with E-state index in [0.717, 1.165) is 12.1 Å². The fourth-order valence-corrected chi connectivity index (χ4v) is 2.89. The predicted octanol–water partition coefficient (Wildman–Crippen LogP) is 0.654. The van der Waals surface area contributed by atoms with Gasteiger partial charge in [-0.2, -0.15) is 0 Å². The van der Waals surface area contributed by atoms with Crippen molar-refractivity contribution in [2.45, 2.75) is 5.25 Å². The number of sulfonamides is 1. The number of carboxylic acids is 1. The zero-order chi connectivity index (χ0) is 14.4. The lowest BCUT2D eigenvalue weighted by molar-refractivity contribution is 0.0696. The van der Waals surface area contributed by atoms with Crippen molar-refractivity contribution in [3.05, 3.63) is 28.5 Å². The molecule has 104 valence electrons. The minimum absolute atomic E-state index is 0.0566. The molecule has 1 saturated heterocycles. The maximum atomic E-state index is 13.3. The third-order valence-electron chi connectivity index (χ3n) is 2.90. The molecule has 1 aliphatic heterocycles. The Morgan fingerprint density at radius 1 is 1.47 bits per heavy atom. The molecule has 0 saturated carbocycles. The van der Waals surface area contributed by atoms with E-state index in [1.165, 1.54) is 4.90 Å². The number of benzene rings is 1. The van der Waals surface area contributed by atoms with Crippen LogP contribution in [0.4, 0.5) is 10.1 Å². The molecule has 0 spiro atoms. The molecular weight excluding hydrogens is 299 g/mol. The number of anilines is 1. The van der Waals surface area contributed by atoms with E-state index in [2.05, 4.69) is 0 Å². The number of carbonyl (C=O) groups is 1. The van der Waals surface area contributed by atoms with Gasteiger partial charge in [-0.05, 0) is 12.1 Å². The number of carboxylic acid groups (broad SMARTS) is 1. The maximum Gasteiger partial charge on any atom is 0.337 e. The summed E-state index contributed by atoms with van der Waals surface area (Å²) < 4.78 is 35.5. The van der Waals surface area contributed by atoms with E-state index in [4.69, 9.17) is 21.8 Å². The van der Waals surface area contributed by atoms with E-state index < -0.39 is 27.1 Å². The molecule has 6 nitrogen and oxygen atoms in total. The number of primary sulfonamides is 1. The van der Waals surface area contributed by atoms with Crippen molar-refractivity contribution in [2.24, 2.45) is 5.14 Å². The van der Waals surface area contributed by atoms with Gasteiger partial charge >= 0.3 is 5.97 Å². The lowest BCUT2D eigenvalue weighted by atomic mass is 10.1. The van der Waals surface area contributed by atoms with E-state index in [-0.39, 0.29) is 29.4 Å². The molecule has 1 aromatic rings. The van der Waals surface area contributed by atoms with Gasteiger partial charge in [0.1, 0.15) is 11.1 Å². The molecule has 3 N–H and O–H groups in total. The molecule has 0 aliphatic carbocycles. The summed E-state index contributed by atoms with van der Waals surface area (Å²) in [6, 6.07) is 1.87. The third-order valence-corrected chi connectivity index (χ3v) is 4.53. The lowest BCUT2D eigenvalue weighted by Gasteiger charge is -2.40. The van der Waals surface area contributed by atoms with Crippen LogP contribution in [0.15, 0.2) is 12.1 Å². The minimum Gasteiger partial charge on any atom is -0.478 e. The van der Waals surface area contributed by atoms with Crippen molar-refractivity contribution in [2.75, 3.05) is 18.0 Å². The highest BCUT2D eigenvalue weighted by atomic mass is 35.5. The number of nitrogens with zero attached hydrogens (tertiary/aromatic N) is 1. The molecule has 0 bridgehead atoms. The molecule has 1 aliphatic rings. The average Bonchev–Trinajstić information content (AvgIpc) is 2.17. The zero-order valence-corrected chi connectivity index (χ0v) is 11.1. The van der Waals surface area contributed by atoms with Crippen LogP contribution >= 0.6 is 11.6 Å². The summed E-state index contributed by atoms with van der Waals surface area (Å²) in [6.45, 7) is 0.113. The van der Waals surface area contributed by atoms with Gasteiger partial charge in [0.25, 0.3) is 0 Å². The van der Waals surface area contributed by atoms with Gasteiger partial charge in [-0.1, -0.05) is 11.6 Å². The molecule has 1 fully saturated rings. The third kappa shape index (κ3) is 2.65. The van der Waals surface area contributed by atoms with Crippen LogP contribution in [-0.2, 0) is 10.0 Å². The van der Waals surface area contributed by atoms with Crippen LogP contribution in [0, 0.1) is 5.82 Å². The highest BCUT2D eigenvalue weighted by Gasteiger charge is 2.36. The summed E-state index contributed by atoms with van der Waals surface area (Å²) in [5.74, 6) is -2.11. The van der Waals surface area contributed by atoms with Crippen LogP contribution in [-0.4, -0.2) is 37.8 Å². The Morgan fingerprint density at radius 3 is 2.53 bits per heavy atom. The molecule has 0 amide bonds. The van der Waals surface area contributed by atoms with Crippen LogP contribution in [0.2, 0.25) is 5.02 Å². The lowest BCUT2D eigenvalue weighted by Crippen LogP contribution is -2.56. The first-order chi connectivity index (χ1) is 8.70. The van der Waals surface area contributed by atoms with E-state index in [9.17, 15) is 17.6 Å². The predicted molar refractivity (Wildman–Crippen MR) is 67.5 cm³/mol. The zero-order valence-electron chi connectivity index (χ0n) is 9.51. The fourth-order valence-electron chi connectivity index (χ4n) is 1.80. The molecule has 9 heteroatoms. The van der Waals surface area contributed by atoms with Gasteiger partial charge in [0.2, 0.25) is 10.0 Å². The van der Waals surface area contributed by atoms with E-state index in [0.29, 0.717) is 0 Å². The van der Waals surface area contributed by atoms with Crippen molar-refractivity contribution in [3.63, 3.8) is 0 Å². The van der Waals surface area contributed by atoms with Gasteiger partial charge in [0, 0.05) is 13.1 Å². The second-order valence-corrected chi connectivity index (χ2v) is 6.43. The molecule has 1 heterocycles. The Hall–Kier alpha value is -1.38. The fraction of sp³-hybridized carbons (Fsp3) is 0.300. The van der Waals surface area contributed by atoms with E-state index >= 15 is 0 Å². The monoisotopic (exact) mass is 308 g/mol. The highest BCUT2D eigenvalue weighted by molar-refractivity contribution is 7.89. The van der Waals surface area contributed by atoms with Crippen molar-refractivity contribution < 1.29 is 22.7 Å². The largest absolute Gasteiger partial charge is 0.478 e. The standard InChI is InChI=1S/C10H10ClFN2O4S/c11-9-7(10(15)16)1-5(12)2-8(9)14-3-6(4-14)19(13,17)18/h1-2,6H,3-4H2,(H,15,16)(H2,13,17,18). The van der Waals surface area contributed by atoms with Gasteiger partial charge in [-0.25, -0.2) is 22.7 Å². The molecule has 1 aromatic carbocycles. The molecule has 0 atom stereocenters. The van der Waals surface area contributed by atoms with E-state index in [1.54, 1.807) is 0 Å². The Labute approximate surface area is 113 Å². The second-order valence-electron chi connectivity index (χ2n) is 4.21. The van der Waals surface area contributed by atoms with Gasteiger partial charge in [-0.15, -0.1) is 0 Å². The van der Waals surface area contributed by atoms with Gasteiger partial charge < -0.3 is 10.0 Å². The number of aromatic carboxylic acids is 1. The number of hydrogen-bond donors (Lipinski definition) is 2. The minimum atomic E-state index is -3.65. The molecule has 0 unspecified atom stereocenters. The molecule has 0 radical (unpaired) electrons. The normalized spacial score (nSPS) is 16.3. The van der Waals surface area contributed by atoms with Gasteiger partial charge in [-0.3, -0.25) is 0 Å². The number of halogens is 2. The van der Waals surface area contributed by atoms with Crippen LogP contribution in [0.25, 0.3) is 0 Å². The van der Waals surface area contributed by atoms with Crippen LogP contribution in [0.5, 0.6) is 0 Å². The Kier molecular flexibility index (Phi) is 3.41. The van der Waals surface area contributed by atoms with Gasteiger partial charge in [0.05, 0.1) is 16.3 Å². The Balaban J connectivity index is 2.31. The summed E-state index contributed by atoms with van der Waals surface area (Å²) in [7, 11) is -3.65. The Morgan fingerprint density at radius 2 is 2.05 bits per heavy atom. The molecule has 19 heavy (non-hydrogen) atoms. The first-order valence-electron chi connectivity index (χ1n) is 5.19. The second kappa shape index (κ2) is 4.62. The van der Waals surface area contributed by atoms with Crippen molar-refractivity contribution in [1.29, 1.82) is 0 Å². The molecule has 0 aromatic heterocycles. The summed E-state index contributed by atoms with van der Waals surface area (Å²) in [5.41, 5.74) is -0.213. The highest BCUT2D eigenvalue weighted by Crippen LogP contribution is 2.34. The number of nitrogens with two attached hydrogens (primary N) is 1. The summed E-state index contributed by atoms with van der Waals surface area (Å²) in [6.07, 6.45) is 0. The van der Waals surface area contributed by atoms with E-state index in [1.807, 2.05) is 0 Å². The average molecular weight is 309 g/mol. The molecular formula is C10H10ClFN2O4S. The van der Waals surface area contributed by atoms with Crippen molar-refractivity contribution in [1.82, 2.24) is 0 Å². The maximum absolute atomic E-state index is 13.3. The van der Waals surface area contributed by atoms with Gasteiger partial charge in [0.15, 0.2) is 0 Å². The smallest absolute Gasteiger partial charge is 0.337 e. The van der Waals surface area contributed by atoms with Crippen LogP contribution in [0.3, 0.4) is 0 Å². The van der Waals surface area contributed by atoms with Crippen molar-refractivity contribution >= 4 is 33.3 Å². The summed E-state index contributed by atoms with van der Waals surface area (Å²) in [4.78, 5) is 12.4. The SMILES string of the molecule is NS(=O)(=O)C1CN(c2cc(F)cc(C(=O)O)c2Cl)C1. The molecule has 2 rings (SSSR count). The first kappa shape index (κ1) is 14.0. The number of rotatable bonds is 3. The van der Waals surface area contributed by atoms with Crippen LogP contribution in [0.1, 0.15) is 10.4 Å². The summed E-state index contributed by atoms with van der Waals surface area (Å²) >= 11 is 5.88. The Bertz CT molecular complexity index is 643. The first-order valence-corrected chi connectivity index (χ1v) is 7.18. The van der Waals surface area contributed by atoms with Crippen molar-refractivity contribution in [3.8, 4) is 0 Å². The topological polar surface area (TPSA) is 101 Å². The quantitative estimate of drug-likeness (QED) is 0.854.